The minimum atomic E-state index is 0.241. The molecular weight excluding hydrogens is 358 g/mol. The molecular formula is C10H10BrN9S. The van der Waals surface area contributed by atoms with Gasteiger partial charge in [-0.2, -0.15) is 24.7 Å². The molecule has 3 aromatic heterocycles. The normalized spacial score (nSPS) is 10.6. The zero-order chi connectivity index (χ0) is 14.7. The highest BCUT2D eigenvalue weighted by Gasteiger charge is 2.08. The van der Waals surface area contributed by atoms with Crippen molar-refractivity contribution in [3.05, 3.63) is 33.5 Å². The summed E-state index contributed by atoms with van der Waals surface area (Å²) in [5, 5.41) is 9.11. The zero-order valence-corrected chi connectivity index (χ0v) is 13.0. The molecule has 11 heteroatoms. The molecule has 0 amide bonds. The van der Waals surface area contributed by atoms with Gasteiger partial charge in [0.15, 0.2) is 0 Å². The van der Waals surface area contributed by atoms with E-state index in [4.69, 9.17) is 5.84 Å². The van der Waals surface area contributed by atoms with Crippen molar-refractivity contribution in [3.63, 3.8) is 0 Å². The van der Waals surface area contributed by atoms with Gasteiger partial charge in [0.25, 0.3) is 5.95 Å². The van der Waals surface area contributed by atoms with Crippen molar-refractivity contribution in [3.8, 4) is 5.95 Å². The van der Waals surface area contributed by atoms with E-state index >= 15 is 0 Å². The van der Waals surface area contributed by atoms with Crippen molar-refractivity contribution in [1.82, 2.24) is 29.7 Å². The Morgan fingerprint density at radius 2 is 2.14 bits per heavy atom. The number of anilines is 2. The number of halogens is 1. The van der Waals surface area contributed by atoms with Crippen LogP contribution >= 0.6 is 27.3 Å². The van der Waals surface area contributed by atoms with Crippen LogP contribution in [-0.2, 0) is 6.54 Å². The molecule has 0 aliphatic heterocycles. The number of nitrogens with one attached hydrogen (secondary N) is 2. The lowest BCUT2D eigenvalue weighted by atomic mass is 10.5. The Labute approximate surface area is 131 Å². The molecule has 0 atom stereocenters. The monoisotopic (exact) mass is 367 g/mol. The number of nitrogens with zero attached hydrogens (tertiary/aromatic N) is 6. The lowest BCUT2D eigenvalue weighted by Gasteiger charge is -2.07. The van der Waals surface area contributed by atoms with Crippen LogP contribution in [0.3, 0.4) is 0 Å². The number of thiophene rings is 1. The molecule has 0 saturated carbocycles. The van der Waals surface area contributed by atoms with Gasteiger partial charge in [-0.15, -0.1) is 11.3 Å². The molecule has 0 saturated heterocycles. The number of hydrogen-bond donors (Lipinski definition) is 3. The molecule has 3 rings (SSSR count). The minimum Gasteiger partial charge on any atom is -0.349 e. The summed E-state index contributed by atoms with van der Waals surface area (Å²) in [5.74, 6) is 6.33. The number of aromatic nitrogens is 6. The third kappa shape index (κ3) is 3.32. The summed E-state index contributed by atoms with van der Waals surface area (Å²) in [6, 6.07) is 2.03. The Hall–Kier alpha value is -2.11. The molecule has 0 aromatic carbocycles. The van der Waals surface area contributed by atoms with E-state index in [1.807, 2.05) is 11.4 Å². The Balaban J connectivity index is 1.82. The quantitative estimate of drug-likeness (QED) is 0.454. The maximum absolute atomic E-state index is 5.37. The lowest BCUT2D eigenvalue weighted by molar-refractivity contribution is 0.794. The summed E-state index contributed by atoms with van der Waals surface area (Å²) in [6.45, 7) is 0.598. The largest absolute Gasteiger partial charge is 0.349 e. The average Bonchev–Trinajstić information content (AvgIpc) is 3.16. The molecule has 0 bridgehead atoms. The summed E-state index contributed by atoms with van der Waals surface area (Å²) >= 11 is 5.05. The Kier molecular flexibility index (Phi) is 4.03. The van der Waals surface area contributed by atoms with E-state index in [9.17, 15) is 0 Å². The van der Waals surface area contributed by atoms with Gasteiger partial charge in [0, 0.05) is 14.7 Å². The molecule has 3 heterocycles. The van der Waals surface area contributed by atoms with Crippen LogP contribution in [0.1, 0.15) is 4.88 Å². The second-order valence-corrected chi connectivity index (χ2v) is 5.76. The summed E-state index contributed by atoms with van der Waals surface area (Å²) in [6.07, 6.45) is 2.89. The first kappa shape index (κ1) is 13.9. The van der Waals surface area contributed by atoms with E-state index in [1.165, 1.54) is 17.3 Å². The summed E-state index contributed by atoms with van der Waals surface area (Å²) in [5.41, 5.74) is 2.40. The SMILES string of the molecule is NNc1nc(NCc2cc(Br)cs2)nc(-n2cncn2)n1. The molecule has 0 radical (unpaired) electrons. The topological polar surface area (TPSA) is 119 Å². The van der Waals surface area contributed by atoms with Crippen LogP contribution in [0.4, 0.5) is 11.9 Å². The number of hydrogen-bond acceptors (Lipinski definition) is 9. The van der Waals surface area contributed by atoms with Crippen LogP contribution in [0.25, 0.3) is 5.95 Å². The van der Waals surface area contributed by atoms with Crippen LogP contribution in [-0.4, -0.2) is 29.7 Å². The molecule has 108 valence electrons. The molecule has 0 aliphatic rings. The molecule has 4 N–H and O–H groups in total. The first-order valence-electron chi connectivity index (χ1n) is 5.79. The first-order valence-corrected chi connectivity index (χ1v) is 7.46. The molecule has 9 nitrogen and oxygen atoms in total. The lowest BCUT2D eigenvalue weighted by Crippen LogP contribution is -2.16. The second-order valence-electron chi connectivity index (χ2n) is 3.85. The van der Waals surface area contributed by atoms with Crippen LogP contribution in [0.2, 0.25) is 0 Å². The fourth-order valence-electron chi connectivity index (χ4n) is 1.54. The molecule has 0 fully saturated rings. The van der Waals surface area contributed by atoms with E-state index in [0.717, 1.165) is 9.35 Å². The predicted molar refractivity (Wildman–Crippen MR) is 81.9 cm³/mol. The van der Waals surface area contributed by atoms with Gasteiger partial charge in [-0.05, 0) is 22.0 Å². The van der Waals surface area contributed by atoms with Crippen molar-refractivity contribution >= 4 is 39.2 Å². The predicted octanol–water partition coefficient (Wildman–Crippen LogP) is 1.17. The fraction of sp³-hybridized carbons (Fsp3) is 0.100. The Morgan fingerprint density at radius 3 is 2.81 bits per heavy atom. The third-order valence-electron chi connectivity index (χ3n) is 2.42. The van der Waals surface area contributed by atoms with Crippen molar-refractivity contribution < 1.29 is 0 Å². The molecule has 0 aliphatic carbocycles. The van der Waals surface area contributed by atoms with E-state index in [0.29, 0.717) is 18.4 Å². The third-order valence-corrected chi connectivity index (χ3v) is 4.12. The number of nitrogens with two attached hydrogens (primary N) is 1. The van der Waals surface area contributed by atoms with Gasteiger partial charge in [0.1, 0.15) is 12.7 Å². The van der Waals surface area contributed by atoms with E-state index in [-0.39, 0.29) is 5.95 Å². The maximum atomic E-state index is 5.37. The zero-order valence-electron chi connectivity index (χ0n) is 10.6. The number of rotatable bonds is 5. The molecule has 0 spiro atoms. The van der Waals surface area contributed by atoms with Crippen molar-refractivity contribution in [1.29, 1.82) is 0 Å². The smallest absolute Gasteiger partial charge is 0.258 e. The van der Waals surface area contributed by atoms with Gasteiger partial charge in [-0.3, -0.25) is 5.43 Å². The van der Waals surface area contributed by atoms with E-state index in [2.05, 4.69) is 51.7 Å². The van der Waals surface area contributed by atoms with Gasteiger partial charge >= 0.3 is 0 Å². The van der Waals surface area contributed by atoms with Crippen LogP contribution in [0.15, 0.2) is 28.6 Å². The summed E-state index contributed by atoms with van der Waals surface area (Å²) < 4.78 is 2.47. The van der Waals surface area contributed by atoms with Crippen LogP contribution in [0, 0.1) is 0 Å². The van der Waals surface area contributed by atoms with Gasteiger partial charge in [0.05, 0.1) is 6.54 Å². The van der Waals surface area contributed by atoms with Crippen molar-refractivity contribution in [2.24, 2.45) is 5.84 Å². The minimum absolute atomic E-state index is 0.241. The number of hydrazine groups is 1. The second kappa shape index (κ2) is 6.11. The van der Waals surface area contributed by atoms with Gasteiger partial charge < -0.3 is 5.32 Å². The Bertz CT molecular complexity index is 726. The average molecular weight is 368 g/mol. The summed E-state index contributed by atoms with van der Waals surface area (Å²) in [4.78, 5) is 17.5. The molecule has 21 heavy (non-hydrogen) atoms. The van der Waals surface area contributed by atoms with Crippen LogP contribution < -0.4 is 16.6 Å². The standard InChI is InChI=1S/C10H10BrN9S/c11-6-1-7(21-3-6)2-14-8-16-9(19-12)18-10(17-8)20-5-13-4-15-20/h1,3-5H,2,12H2,(H2,14,16,17,18,19). The Morgan fingerprint density at radius 1 is 1.29 bits per heavy atom. The van der Waals surface area contributed by atoms with Crippen molar-refractivity contribution in [2.45, 2.75) is 6.54 Å². The molecule has 0 unspecified atom stereocenters. The summed E-state index contributed by atoms with van der Waals surface area (Å²) in [7, 11) is 0. The van der Waals surface area contributed by atoms with Gasteiger partial charge in [-0.1, -0.05) is 0 Å². The van der Waals surface area contributed by atoms with Crippen molar-refractivity contribution in [2.75, 3.05) is 10.7 Å². The highest BCUT2D eigenvalue weighted by Crippen LogP contribution is 2.20. The molecule has 3 aromatic rings. The first-order chi connectivity index (χ1) is 10.2. The fourth-order valence-corrected chi connectivity index (χ4v) is 2.93. The van der Waals surface area contributed by atoms with E-state index < -0.39 is 0 Å². The van der Waals surface area contributed by atoms with Gasteiger partial charge in [-0.25, -0.2) is 10.8 Å². The highest BCUT2D eigenvalue weighted by molar-refractivity contribution is 9.10. The number of nitrogen functional groups attached to an aromatic ring is 1. The maximum Gasteiger partial charge on any atom is 0.258 e. The highest BCUT2D eigenvalue weighted by atomic mass is 79.9. The van der Waals surface area contributed by atoms with Crippen LogP contribution in [0.5, 0.6) is 0 Å². The van der Waals surface area contributed by atoms with E-state index in [1.54, 1.807) is 11.3 Å². The van der Waals surface area contributed by atoms with Gasteiger partial charge in [0.2, 0.25) is 11.9 Å².